The van der Waals surface area contributed by atoms with E-state index in [-0.39, 0.29) is 71.4 Å². The highest BCUT2D eigenvalue weighted by Gasteiger charge is 2.49. The number of nitrogens with zero attached hydrogens (tertiary/aromatic N) is 4. The van der Waals surface area contributed by atoms with Crippen molar-refractivity contribution in [3.8, 4) is 11.4 Å². The van der Waals surface area contributed by atoms with Crippen molar-refractivity contribution in [2.75, 3.05) is 39.5 Å². The van der Waals surface area contributed by atoms with Crippen molar-refractivity contribution in [3.05, 3.63) is 110 Å². The first-order valence-corrected chi connectivity index (χ1v) is 29.1. The second kappa shape index (κ2) is 27.0. The summed E-state index contributed by atoms with van der Waals surface area (Å²) in [5.74, 6) is -11.4. The molecule has 0 spiro atoms. The monoisotopic (exact) mass is 1290 g/mol. The number of hydrogen-bond donors (Lipinski definition) is 7. The molecule has 92 heavy (non-hydrogen) atoms. The third kappa shape index (κ3) is 15.4. The van der Waals surface area contributed by atoms with Crippen LogP contribution in [-0.4, -0.2) is 165 Å². The third-order valence-electron chi connectivity index (χ3n) is 15.2. The molecule has 0 radical (unpaired) electrons. The van der Waals surface area contributed by atoms with Gasteiger partial charge in [0.25, 0.3) is 23.3 Å². The smallest absolute Gasteiger partial charge is 0.423 e. The summed E-state index contributed by atoms with van der Waals surface area (Å²) in [5, 5.41) is 25.3. The number of nitrogens with one attached hydrogen (secondary N) is 6. The predicted octanol–water partition coefficient (Wildman–Crippen LogP) is 1.60. The lowest BCUT2D eigenvalue weighted by Crippen LogP contribution is -2.57. The highest BCUT2D eigenvalue weighted by Crippen LogP contribution is 2.46. The van der Waals surface area contributed by atoms with Crippen molar-refractivity contribution in [3.63, 3.8) is 0 Å². The van der Waals surface area contributed by atoms with Gasteiger partial charge in [-0.25, -0.2) is 19.0 Å². The number of cyclic esters (lactones) is 1. The molecular weight excluding hydrogens is 1220 g/mol. The number of rotatable bonds is 22. The van der Waals surface area contributed by atoms with Gasteiger partial charge in [-0.3, -0.25) is 57.7 Å². The Morgan fingerprint density at radius 3 is 2.08 bits per heavy atom. The number of benzene rings is 2. The number of imide groups is 1. The molecule has 0 saturated heterocycles. The number of amides is 9. The summed E-state index contributed by atoms with van der Waals surface area (Å²) >= 11 is 0. The zero-order valence-electron chi connectivity index (χ0n) is 51.3. The molecule has 8 rings (SSSR count). The molecule has 4 aliphatic rings. The lowest BCUT2D eigenvalue weighted by molar-refractivity contribution is -0.220. The minimum atomic E-state index is -5.38. The van der Waals surface area contributed by atoms with Crippen molar-refractivity contribution < 1.29 is 94.4 Å². The maximum Gasteiger partial charge on any atom is 0.423 e. The molecule has 0 saturated carbocycles. The van der Waals surface area contributed by atoms with Crippen molar-refractivity contribution in [2.45, 2.75) is 141 Å². The number of aryl methyl sites for hydroxylation is 1. The molecule has 2 aromatic carbocycles. The Morgan fingerprint density at radius 1 is 0.815 bits per heavy atom. The van der Waals surface area contributed by atoms with Gasteiger partial charge in [-0.05, 0) is 96.0 Å². The lowest BCUT2D eigenvalue weighted by Gasteiger charge is -2.32. The van der Waals surface area contributed by atoms with Crippen LogP contribution in [0, 0.1) is 12.7 Å². The fourth-order valence-corrected chi connectivity index (χ4v) is 10.9. The summed E-state index contributed by atoms with van der Waals surface area (Å²) in [4.78, 5) is 165. The second-order valence-corrected chi connectivity index (χ2v) is 24.1. The fraction of sp³-hybridized carbons (Fsp3) is 0.459. The minimum absolute atomic E-state index is 0.00638. The Kier molecular flexibility index (Phi) is 20.1. The average molecular weight is 1290 g/mol. The van der Waals surface area contributed by atoms with E-state index < -0.39 is 170 Å². The summed E-state index contributed by atoms with van der Waals surface area (Å²) in [5.41, 5.74) is -2.93. The first-order valence-electron chi connectivity index (χ1n) is 29.1. The predicted molar refractivity (Wildman–Crippen MR) is 312 cm³/mol. The van der Waals surface area contributed by atoms with Gasteiger partial charge in [0.2, 0.25) is 35.6 Å². The Morgan fingerprint density at radius 2 is 1.45 bits per heavy atom. The van der Waals surface area contributed by atoms with E-state index in [1.165, 1.54) is 45.3 Å². The van der Waals surface area contributed by atoms with E-state index in [0.29, 0.717) is 27.0 Å². The minimum Gasteiger partial charge on any atom is -0.459 e. The fourth-order valence-electron chi connectivity index (χ4n) is 10.9. The Balaban J connectivity index is 0.881. The zero-order valence-corrected chi connectivity index (χ0v) is 51.3. The largest absolute Gasteiger partial charge is 0.459 e. The van der Waals surface area contributed by atoms with Crippen LogP contribution in [0.1, 0.15) is 106 Å². The highest BCUT2D eigenvalue weighted by molar-refractivity contribution is 6.15. The number of alkyl halides is 3. The highest BCUT2D eigenvalue weighted by atomic mass is 19.4. The van der Waals surface area contributed by atoms with E-state index >= 15 is 4.39 Å². The van der Waals surface area contributed by atoms with Crippen molar-refractivity contribution in [1.29, 1.82) is 0 Å². The molecule has 2 aromatic heterocycles. The maximum absolute atomic E-state index is 15.5. The number of hydrogen-bond acceptors (Lipinski definition) is 18. The lowest BCUT2D eigenvalue weighted by atomic mass is 9.81. The molecule has 0 fully saturated rings. The number of carbonyl (C=O) groups excluding carboxylic acids is 11. The Labute approximate surface area is 522 Å². The molecular formula is C61H68F4N10O17. The van der Waals surface area contributed by atoms with Gasteiger partial charge >= 0.3 is 24.2 Å². The van der Waals surface area contributed by atoms with E-state index in [9.17, 15) is 75.8 Å². The van der Waals surface area contributed by atoms with Crippen LogP contribution in [0.15, 0.2) is 59.4 Å². The van der Waals surface area contributed by atoms with E-state index in [4.69, 9.17) is 23.9 Å². The number of ether oxygens (including phenoxy) is 4. The van der Waals surface area contributed by atoms with Crippen LogP contribution in [0.3, 0.4) is 0 Å². The summed E-state index contributed by atoms with van der Waals surface area (Å²) in [7, 11) is 0. The normalized spacial score (nSPS) is 17.5. The standard InChI is InChI=1S/C61H68F4N10O17/c1-9-60(88)35-20-40-50-33(25-74(40)55(85)34(35)28-89-56(60)86)49-37(16-15-32-30(2)36(62)21-38(71-50)48(32)49)72-54(84)51(61(63,64)65)90-29-69-43(77)23-67-52(82)39(19-31-13-11-10-12-14-31)70-44(78)24-66-42(76)22-68-53(83)41(75-45(79)17-18-46(75)80)26-73(57(87)92-59(6,7)8)27-47(81)91-58(3,4)5/h10-14,17-18,20-21,37,39,41,51,88H,9,15-16,19,22-29H2,1-8H3,(H,66,76)(H,67,82)(H,68,83)(H,69,77)(H,70,78)(H,72,84)/t37-,39-,41+,51+,60-/m0/s1. The van der Waals surface area contributed by atoms with E-state index in [2.05, 4.69) is 26.6 Å². The van der Waals surface area contributed by atoms with Crippen LogP contribution in [-0.2, 0) is 98.5 Å². The van der Waals surface area contributed by atoms with Gasteiger partial charge < -0.3 is 60.5 Å². The first-order chi connectivity index (χ1) is 43.1. The van der Waals surface area contributed by atoms with Crippen LogP contribution in [0.4, 0.5) is 22.4 Å². The molecule has 3 aliphatic heterocycles. The number of fused-ring (bicyclic) bond motifs is 5. The maximum atomic E-state index is 15.5. The van der Waals surface area contributed by atoms with E-state index in [1.807, 2.05) is 5.32 Å². The van der Waals surface area contributed by atoms with E-state index in [0.717, 1.165) is 23.1 Å². The summed E-state index contributed by atoms with van der Waals surface area (Å²) in [6.07, 6.45) is -8.30. The Hall–Kier alpha value is -9.65. The quantitative estimate of drug-likeness (QED) is 0.0170. The number of pyridine rings is 2. The molecule has 31 heteroatoms. The van der Waals surface area contributed by atoms with Crippen molar-refractivity contribution in [2.24, 2.45) is 0 Å². The van der Waals surface area contributed by atoms with Gasteiger partial charge in [0.05, 0.1) is 61.2 Å². The van der Waals surface area contributed by atoms with Gasteiger partial charge in [-0.15, -0.1) is 0 Å². The molecule has 0 unspecified atom stereocenters. The van der Waals surface area contributed by atoms with Gasteiger partial charge in [0.1, 0.15) is 49.0 Å². The summed E-state index contributed by atoms with van der Waals surface area (Å²) in [6, 6.07) is 6.16. The molecule has 9 amide bonds. The number of carbonyl (C=O) groups is 11. The zero-order chi connectivity index (χ0) is 67.5. The molecule has 5 heterocycles. The molecule has 5 atom stereocenters. The molecule has 492 valence electrons. The molecule has 7 N–H and O–H groups in total. The topological polar surface area (TPSA) is 358 Å². The number of aliphatic hydroxyl groups is 1. The van der Waals surface area contributed by atoms with Crippen LogP contribution >= 0.6 is 0 Å². The summed E-state index contributed by atoms with van der Waals surface area (Å²) < 4.78 is 81.9. The SMILES string of the molecule is CC[C@@]1(O)C(=O)OCc2c1cc1n(c2=O)Cc2c-1nc1cc(F)c(C)c3c1c2[C@@H](NC(=O)[C@@H](OCNC(=O)CNC(=O)[C@H](Cc1ccccc1)NC(=O)CNC(=O)CNC(=O)[C@@H](CN(CC(=O)OC(C)(C)C)C(=O)OC(C)(C)C)N1C(=O)C=CC1=O)C(F)(F)F)CC3. The molecule has 4 aromatic rings. The molecule has 1 aliphatic carbocycles. The number of aromatic nitrogens is 2. The van der Waals surface area contributed by atoms with Crippen molar-refractivity contribution >= 4 is 76.2 Å². The second-order valence-electron chi connectivity index (χ2n) is 24.1. The van der Waals surface area contributed by atoms with Crippen LogP contribution < -0.4 is 37.5 Å². The van der Waals surface area contributed by atoms with Crippen LogP contribution in [0.2, 0.25) is 0 Å². The van der Waals surface area contributed by atoms with Gasteiger partial charge in [0.15, 0.2) is 5.60 Å². The number of esters is 2. The van der Waals surface area contributed by atoms with Crippen LogP contribution in [0.5, 0.6) is 0 Å². The van der Waals surface area contributed by atoms with Gasteiger partial charge in [0, 0.05) is 41.2 Å². The third-order valence-corrected chi connectivity index (χ3v) is 15.2. The molecule has 0 bridgehead atoms. The van der Waals surface area contributed by atoms with E-state index in [1.54, 1.807) is 51.1 Å². The average Bonchev–Trinajstić information content (AvgIpc) is 1.46. The van der Waals surface area contributed by atoms with Crippen molar-refractivity contribution in [1.82, 2.24) is 51.3 Å². The molecule has 27 nitrogen and oxygen atoms in total. The van der Waals surface area contributed by atoms with Gasteiger partial charge in [-0.2, -0.15) is 13.2 Å². The van der Waals surface area contributed by atoms with Gasteiger partial charge in [-0.1, -0.05) is 37.3 Å². The Bertz CT molecular complexity index is 3770. The number of halogens is 4. The first kappa shape index (κ1) is 68.3. The van der Waals surface area contributed by atoms with Crippen LogP contribution in [0.25, 0.3) is 22.3 Å². The summed E-state index contributed by atoms with van der Waals surface area (Å²) in [6.45, 7) is 6.25.